The number of rotatable bonds is 4. The quantitative estimate of drug-likeness (QED) is 0.787. The number of carbonyl (C=O) groups is 2. The molecule has 0 bridgehead atoms. The molecule has 6 heteroatoms. The molecule has 0 spiro atoms. The zero-order valence-electron chi connectivity index (χ0n) is 13.7. The molecule has 0 aromatic heterocycles. The minimum absolute atomic E-state index is 0.0733. The predicted molar refractivity (Wildman–Crippen MR) is 86.9 cm³/mol. The van der Waals surface area contributed by atoms with E-state index in [1.807, 2.05) is 44.2 Å². The van der Waals surface area contributed by atoms with Crippen molar-refractivity contribution in [2.45, 2.75) is 56.3 Å². The van der Waals surface area contributed by atoms with Gasteiger partial charge < -0.3 is 14.2 Å². The maximum Gasteiger partial charge on any atom is 0.303 e. The van der Waals surface area contributed by atoms with Crippen LogP contribution in [0.2, 0.25) is 0 Å². The zero-order valence-corrected chi connectivity index (χ0v) is 14.5. The smallest absolute Gasteiger partial charge is 0.303 e. The predicted octanol–water partition coefficient (Wildman–Crippen LogP) is 3.02. The van der Waals surface area contributed by atoms with Gasteiger partial charge in [0.15, 0.2) is 6.10 Å². The first-order valence-electron chi connectivity index (χ1n) is 7.60. The van der Waals surface area contributed by atoms with Gasteiger partial charge in [0.1, 0.15) is 11.5 Å². The molecule has 2 rings (SSSR count). The molecule has 5 atom stereocenters. The maximum atomic E-state index is 11.5. The molecule has 1 heterocycles. The largest absolute Gasteiger partial charge is 0.458 e. The Morgan fingerprint density at radius 2 is 1.57 bits per heavy atom. The molecule has 126 valence electrons. The highest BCUT2D eigenvalue weighted by atomic mass is 32.2. The lowest BCUT2D eigenvalue weighted by molar-refractivity contribution is -0.204. The van der Waals surface area contributed by atoms with Crippen LogP contribution < -0.4 is 0 Å². The van der Waals surface area contributed by atoms with E-state index in [1.54, 1.807) is 0 Å². The minimum Gasteiger partial charge on any atom is -0.458 e. The monoisotopic (exact) mass is 338 g/mol. The molecular formula is C17H22O5S. The topological polar surface area (TPSA) is 61.8 Å². The fraction of sp³-hybridized carbons (Fsp3) is 0.529. The summed E-state index contributed by atoms with van der Waals surface area (Å²) < 4.78 is 16.9. The number of hydrogen-bond donors (Lipinski definition) is 0. The molecule has 1 aliphatic heterocycles. The molecule has 0 saturated carbocycles. The van der Waals surface area contributed by atoms with Crippen molar-refractivity contribution in [3.8, 4) is 0 Å². The lowest BCUT2D eigenvalue weighted by Crippen LogP contribution is -2.54. The second-order valence-electron chi connectivity index (χ2n) is 5.65. The van der Waals surface area contributed by atoms with Gasteiger partial charge in [-0.25, -0.2) is 0 Å². The van der Waals surface area contributed by atoms with E-state index in [0.29, 0.717) is 0 Å². The molecule has 0 unspecified atom stereocenters. The van der Waals surface area contributed by atoms with Crippen LogP contribution in [0.1, 0.15) is 27.7 Å². The number of esters is 2. The number of thioether (sulfide) groups is 1. The molecule has 5 nitrogen and oxygen atoms in total. The van der Waals surface area contributed by atoms with Crippen molar-refractivity contribution in [1.29, 1.82) is 0 Å². The Bertz CT molecular complexity index is 547. The molecule has 0 radical (unpaired) electrons. The fourth-order valence-electron chi connectivity index (χ4n) is 2.54. The van der Waals surface area contributed by atoms with Gasteiger partial charge in [0.05, 0.1) is 6.10 Å². The van der Waals surface area contributed by atoms with Gasteiger partial charge in [0, 0.05) is 24.7 Å². The average Bonchev–Trinajstić information content (AvgIpc) is 2.48. The van der Waals surface area contributed by atoms with E-state index in [0.717, 1.165) is 4.90 Å². The maximum absolute atomic E-state index is 11.5. The zero-order chi connectivity index (χ0) is 17.0. The van der Waals surface area contributed by atoms with E-state index < -0.39 is 29.6 Å². The normalized spacial score (nSPS) is 30.5. The number of hydrogen-bond acceptors (Lipinski definition) is 6. The van der Waals surface area contributed by atoms with Gasteiger partial charge >= 0.3 is 11.9 Å². The summed E-state index contributed by atoms with van der Waals surface area (Å²) in [5.74, 6) is -0.886. The summed E-state index contributed by atoms with van der Waals surface area (Å²) in [6.07, 6.45) is -1.29. The summed E-state index contributed by atoms with van der Waals surface area (Å²) >= 11 is 1.46. The Labute approximate surface area is 140 Å². The lowest BCUT2D eigenvalue weighted by atomic mass is 9.92. The standard InChI is InChI=1S/C17H22O5S/c1-10-11(2)20-17(23-14-8-6-5-7-9-14)16(22-13(4)19)15(10)21-12(3)18/h5-11,15-17H,1-4H3/t10-,11-,15+,16+,17-/m0/s1. The van der Waals surface area contributed by atoms with Gasteiger partial charge in [-0.05, 0) is 19.1 Å². The third-order valence-corrected chi connectivity index (χ3v) is 4.95. The van der Waals surface area contributed by atoms with E-state index in [-0.39, 0.29) is 12.0 Å². The van der Waals surface area contributed by atoms with E-state index in [9.17, 15) is 9.59 Å². The van der Waals surface area contributed by atoms with Crippen LogP contribution in [-0.4, -0.2) is 35.7 Å². The van der Waals surface area contributed by atoms with Crippen molar-refractivity contribution in [3.63, 3.8) is 0 Å². The summed E-state index contributed by atoms with van der Waals surface area (Å²) in [5.41, 5.74) is -0.433. The Balaban J connectivity index is 2.25. The molecule has 1 fully saturated rings. The molecular weight excluding hydrogens is 316 g/mol. The highest BCUT2D eigenvalue weighted by molar-refractivity contribution is 7.99. The second kappa shape index (κ2) is 7.84. The van der Waals surface area contributed by atoms with Crippen molar-refractivity contribution in [2.24, 2.45) is 5.92 Å². The van der Waals surface area contributed by atoms with Crippen LogP contribution in [0.3, 0.4) is 0 Å². The van der Waals surface area contributed by atoms with Crippen molar-refractivity contribution >= 4 is 23.7 Å². The Morgan fingerprint density at radius 1 is 1.00 bits per heavy atom. The Morgan fingerprint density at radius 3 is 2.13 bits per heavy atom. The first-order valence-corrected chi connectivity index (χ1v) is 8.48. The Kier molecular flexibility index (Phi) is 6.07. The molecule has 1 aromatic carbocycles. The van der Waals surface area contributed by atoms with Crippen LogP contribution in [0.25, 0.3) is 0 Å². The van der Waals surface area contributed by atoms with Crippen LogP contribution in [0.4, 0.5) is 0 Å². The van der Waals surface area contributed by atoms with Crippen molar-refractivity contribution in [3.05, 3.63) is 30.3 Å². The third kappa shape index (κ3) is 4.72. The van der Waals surface area contributed by atoms with E-state index >= 15 is 0 Å². The van der Waals surface area contributed by atoms with Gasteiger partial charge in [-0.2, -0.15) is 0 Å². The lowest BCUT2D eigenvalue weighted by Gasteiger charge is -2.43. The highest BCUT2D eigenvalue weighted by Crippen LogP contribution is 2.38. The number of carbonyl (C=O) groups excluding carboxylic acids is 2. The molecule has 0 N–H and O–H groups in total. The second-order valence-corrected chi connectivity index (χ2v) is 6.82. The van der Waals surface area contributed by atoms with Crippen LogP contribution in [0.15, 0.2) is 35.2 Å². The molecule has 0 amide bonds. The summed E-state index contributed by atoms with van der Waals surface area (Å²) in [6.45, 7) is 6.57. The van der Waals surface area contributed by atoms with Crippen molar-refractivity contribution in [1.82, 2.24) is 0 Å². The molecule has 1 saturated heterocycles. The molecule has 1 aromatic rings. The van der Waals surface area contributed by atoms with Gasteiger partial charge in [-0.3, -0.25) is 9.59 Å². The van der Waals surface area contributed by atoms with Crippen LogP contribution in [0.5, 0.6) is 0 Å². The van der Waals surface area contributed by atoms with E-state index in [1.165, 1.54) is 25.6 Å². The van der Waals surface area contributed by atoms with Crippen molar-refractivity contribution in [2.75, 3.05) is 0 Å². The van der Waals surface area contributed by atoms with Crippen molar-refractivity contribution < 1.29 is 23.8 Å². The minimum atomic E-state index is -0.646. The van der Waals surface area contributed by atoms with Gasteiger partial charge in [-0.1, -0.05) is 36.9 Å². The van der Waals surface area contributed by atoms with E-state index in [2.05, 4.69) is 0 Å². The van der Waals surface area contributed by atoms with Gasteiger partial charge in [0.25, 0.3) is 0 Å². The molecule has 1 aliphatic rings. The first kappa shape index (κ1) is 17.8. The molecule has 23 heavy (non-hydrogen) atoms. The third-order valence-electron chi connectivity index (χ3n) is 3.80. The summed E-state index contributed by atoms with van der Waals surface area (Å²) in [5, 5.41) is 0. The summed E-state index contributed by atoms with van der Waals surface area (Å²) in [7, 11) is 0. The van der Waals surface area contributed by atoms with E-state index in [4.69, 9.17) is 14.2 Å². The molecule has 0 aliphatic carbocycles. The SMILES string of the molecule is CC(=O)O[C@@H]1[C@@H](C)[C@H](C)O[C@@H](Sc2ccccc2)[C@@H]1OC(C)=O. The van der Waals surface area contributed by atoms with Gasteiger partial charge in [0.2, 0.25) is 0 Å². The number of benzene rings is 1. The van der Waals surface area contributed by atoms with Gasteiger partial charge in [-0.15, -0.1) is 0 Å². The summed E-state index contributed by atoms with van der Waals surface area (Å²) in [6, 6.07) is 9.72. The highest BCUT2D eigenvalue weighted by Gasteiger charge is 2.46. The Hall–Kier alpha value is -1.53. The summed E-state index contributed by atoms with van der Waals surface area (Å²) in [4.78, 5) is 24.0. The van der Waals surface area contributed by atoms with Crippen LogP contribution in [-0.2, 0) is 23.8 Å². The number of ether oxygens (including phenoxy) is 3. The van der Waals surface area contributed by atoms with Crippen LogP contribution >= 0.6 is 11.8 Å². The first-order chi connectivity index (χ1) is 10.9. The fourth-order valence-corrected chi connectivity index (χ4v) is 3.70. The van der Waals surface area contributed by atoms with Crippen LogP contribution in [0, 0.1) is 5.92 Å². The average molecular weight is 338 g/mol.